The van der Waals surface area contributed by atoms with Gasteiger partial charge in [0.05, 0.1) is 23.7 Å². The van der Waals surface area contributed by atoms with Crippen molar-refractivity contribution in [1.82, 2.24) is 0 Å². The summed E-state index contributed by atoms with van der Waals surface area (Å²) in [5, 5.41) is 14.3. The molecule has 0 N–H and O–H groups in total. The van der Waals surface area contributed by atoms with E-state index in [1.165, 1.54) is 11.8 Å². The topological polar surface area (TPSA) is 57.5 Å². The lowest BCUT2D eigenvalue weighted by Crippen LogP contribution is -2.54. The first kappa shape index (κ1) is 25.9. The summed E-state index contributed by atoms with van der Waals surface area (Å²) in [4.78, 5) is 12.1. The van der Waals surface area contributed by atoms with Crippen LogP contribution in [0, 0.1) is 0 Å². The molecule has 0 saturated heterocycles. The van der Waals surface area contributed by atoms with Crippen LogP contribution < -0.4 is 10.0 Å². The molecule has 0 unspecified atom stereocenters. The number of para-hydroxylation sites is 1. The summed E-state index contributed by atoms with van der Waals surface area (Å²) in [5.41, 5.74) is 5.39. The minimum absolute atomic E-state index is 0.258. The zero-order valence-corrected chi connectivity index (χ0v) is 24.8. The Balaban J connectivity index is 1.64. The average molecular weight is 662 g/mol. The number of esters is 1. The molecule has 2 aliphatic rings. The van der Waals surface area contributed by atoms with Crippen molar-refractivity contribution < 1.29 is 9.53 Å². The number of benzene rings is 4. The van der Waals surface area contributed by atoms with E-state index in [2.05, 4.69) is 56.1 Å². The van der Waals surface area contributed by atoms with E-state index in [0.29, 0.717) is 0 Å². The van der Waals surface area contributed by atoms with Crippen LogP contribution in [-0.2, 0) is 14.5 Å². The zero-order chi connectivity index (χ0) is 27.0. The number of rotatable bonds is 5. The highest BCUT2D eigenvalue weighted by Crippen LogP contribution is 2.55. The molecule has 6 rings (SSSR count). The maximum atomic E-state index is 13.1. The molecule has 1 spiro atoms. The number of carbonyl (C=O) groups is 1. The number of fused-ring (bicyclic) bond motifs is 2. The van der Waals surface area contributed by atoms with Gasteiger partial charge in [0.15, 0.2) is 0 Å². The molecule has 0 saturated carbocycles. The molecule has 2 heterocycles. The fourth-order valence-corrected chi connectivity index (χ4v) is 6.50. The van der Waals surface area contributed by atoms with Gasteiger partial charge in [-0.2, -0.15) is 10.2 Å². The third-order valence-corrected chi connectivity index (χ3v) is 8.73. The van der Waals surface area contributed by atoms with E-state index >= 15 is 0 Å². The molecule has 4 aromatic rings. The Bertz CT molecular complexity index is 1590. The molecule has 0 radical (unpaired) electrons. The average Bonchev–Trinajstić information content (AvgIpc) is 3.36. The van der Waals surface area contributed by atoms with Crippen LogP contribution in [0.25, 0.3) is 0 Å². The minimum atomic E-state index is -1.03. The van der Waals surface area contributed by atoms with Gasteiger partial charge in [-0.1, -0.05) is 86.5 Å². The van der Waals surface area contributed by atoms with Crippen LogP contribution in [0.5, 0.6) is 0 Å². The number of thioether (sulfide) groups is 1. The summed E-state index contributed by atoms with van der Waals surface area (Å²) in [7, 11) is 0. The van der Waals surface area contributed by atoms with E-state index in [-0.39, 0.29) is 11.7 Å². The second kappa shape index (κ2) is 10.6. The number of carbonyl (C=O) groups excluding carboxylic acids is 1. The lowest BCUT2D eigenvalue weighted by molar-refractivity contribution is -0.134. The molecule has 0 amide bonds. The maximum Gasteiger partial charge on any atom is 0.365 e. The van der Waals surface area contributed by atoms with Crippen molar-refractivity contribution in [1.29, 1.82) is 0 Å². The first-order valence-electron chi connectivity index (χ1n) is 12.3. The smallest absolute Gasteiger partial charge is 0.365 e. The number of nitrogens with zero attached hydrogens (tertiary/aromatic N) is 4. The Morgan fingerprint density at radius 3 is 2.08 bits per heavy atom. The van der Waals surface area contributed by atoms with Gasteiger partial charge in [0.2, 0.25) is 10.0 Å². The number of hydrazone groups is 2. The molecule has 1 atom stereocenters. The Hall–Kier alpha value is -3.40. The third kappa shape index (κ3) is 4.58. The monoisotopic (exact) mass is 660 g/mol. The molecule has 0 aliphatic carbocycles. The van der Waals surface area contributed by atoms with E-state index < -0.39 is 11.0 Å². The number of hydrogen-bond acceptors (Lipinski definition) is 7. The van der Waals surface area contributed by atoms with Crippen molar-refractivity contribution >= 4 is 71.7 Å². The van der Waals surface area contributed by atoms with Gasteiger partial charge in [0.1, 0.15) is 0 Å². The lowest BCUT2D eigenvalue weighted by Gasteiger charge is -2.47. The Kier molecular flexibility index (Phi) is 7.05. The van der Waals surface area contributed by atoms with Crippen molar-refractivity contribution in [3.8, 4) is 0 Å². The van der Waals surface area contributed by atoms with Crippen LogP contribution in [0.4, 0.5) is 11.4 Å². The van der Waals surface area contributed by atoms with Crippen molar-refractivity contribution in [2.45, 2.75) is 11.9 Å². The van der Waals surface area contributed by atoms with Gasteiger partial charge in [-0.25, -0.2) is 14.8 Å². The van der Waals surface area contributed by atoms with Gasteiger partial charge in [-0.05, 0) is 67.2 Å². The van der Waals surface area contributed by atoms with Crippen molar-refractivity contribution in [2.75, 3.05) is 16.6 Å². The number of anilines is 2. The first-order chi connectivity index (χ1) is 19.0. The predicted octanol–water partition coefficient (Wildman–Crippen LogP) is 7.72. The van der Waals surface area contributed by atoms with E-state index in [0.717, 1.165) is 42.7 Å². The SMILES string of the molecule is CCOC(=O)C1=NN(c2ccc(Br)cc2)[C@@]2(S1)c1ccccc1C(c1ccc(Br)cc1)=NN2c1ccccc1. The summed E-state index contributed by atoms with van der Waals surface area (Å²) in [5.74, 6) is -0.463. The highest BCUT2D eigenvalue weighted by molar-refractivity contribution is 9.10. The quantitative estimate of drug-likeness (QED) is 0.205. The maximum absolute atomic E-state index is 13.1. The van der Waals surface area contributed by atoms with E-state index in [1.54, 1.807) is 6.92 Å². The molecule has 0 fully saturated rings. The molecule has 4 aromatic carbocycles. The molecular formula is C30H22Br2N4O2S. The van der Waals surface area contributed by atoms with Crippen LogP contribution in [0.15, 0.2) is 122 Å². The second-order valence-corrected chi connectivity index (χ2v) is 11.8. The van der Waals surface area contributed by atoms with E-state index in [9.17, 15) is 4.79 Å². The number of hydrogen-bond donors (Lipinski definition) is 0. The predicted molar refractivity (Wildman–Crippen MR) is 165 cm³/mol. The molecule has 2 aliphatic heterocycles. The zero-order valence-electron chi connectivity index (χ0n) is 20.8. The summed E-state index contributed by atoms with van der Waals surface area (Å²) >= 11 is 8.42. The highest BCUT2D eigenvalue weighted by Gasteiger charge is 2.56. The molecular weight excluding hydrogens is 640 g/mol. The van der Waals surface area contributed by atoms with Crippen LogP contribution >= 0.6 is 43.6 Å². The molecule has 6 nitrogen and oxygen atoms in total. The standard InChI is InChI=1S/C30H22Br2N4O2S/c1-2-38-29(37)28-34-36(24-18-16-22(32)17-19-24)30(39-28)26-11-7-6-10-25(26)27(20-12-14-21(31)15-13-20)33-35(30)23-8-4-3-5-9-23/h3-19H,2H2,1H3/t30-/m1/s1. The van der Waals surface area contributed by atoms with Crippen molar-refractivity contribution in [3.05, 3.63) is 129 Å². The van der Waals surface area contributed by atoms with Gasteiger partial charge < -0.3 is 4.74 Å². The first-order valence-corrected chi connectivity index (χ1v) is 14.7. The summed E-state index contributed by atoms with van der Waals surface area (Å²) in [6.45, 7) is 2.05. The van der Waals surface area contributed by atoms with Crippen molar-refractivity contribution in [2.24, 2.45) is 10.2 Å². The van der Waals surface area contributed by atoms with Crippen molar-refractivity contribution in [3.63, 3.8) is 0 Å². The number of halogens is 2. The fraction of sp³-hybridized carbons (Fsp3) is 0.100. The van der Waals surface area contributed by atoms with Gasteiger partial charge in [-0.15, -0.1) is 0 Å². The highest BCUT2D eigenvalue weighted by atomic mass is 79.9. The van der Waals surface area contributed by atoms with Gasteiger partial charge >= 0.3 is 5.97 Å². The summed E-state index contributed by atoms with van der Waals surface area (Å²) in [6.07, 6.45) is 0. The third-order valence-electron chi connectivity index (χ3n) is 6.38. The van der Waals surface area contributed by atoms with Gasteiger partial charge in [0.25, 0.3) is 0 Å². The molecule has 9 heteroatoms. The Morgan fingerprint density at radius 2 is 1.38 bits per heavy atom. The van der Waals surface area contributed by atoms with Crippen LogP contribution in [0.3, 0.4) is 0 Å². The molecule has 194 valence electrons. The van der Waals surface area contributed by atoms with Crippen LogP contribution in [-0.4, -0.2) is 23.3 Å². The normalized spacial score (nSPS) is 18.0. The van der Waals surface area contributed by atoms with Crippen LogP contribution in [0.2, 0.25) is 0 Å². The minimum Gasteiger partial charge on any atom is -0.461 e. The molecule has 39 heavy (non-hydrogen) atoms. The van der Waals surface area contributed by atoms with Gasteiger partial charge in [0, 0.05) is 25.6 Å². The second-order valence-electron chi connectivity index (χ2n) is 8.77. The van der Waals surface area contributed by atoms with E-state index in [4.69, 9.17) is 14.9 Å². The van der Waals surface area contributed by atoms with E-state index in [1.807, 2.05) is 88.9 Å². The summed E-state index contributed by atoms with van der Waals surface area (Å²) in [6, 6.07) is 34.1. The van der Waals surface area contributed by atoms with Gasteiger partial charge in [-0.3, -0.25) is 0 Å². The molecule has 0 bridgehead atoms. The largest absolute Gasteiger partial charge is 0.461 e. The number of ether oxygens (including phenoxy) is 1. The van der Waals surface area contributed by atoms with Crippen LogP contribution in [0.1, 0.15) is 23.6 Å². The Labute approximate surface area is 247 Å². The molecule has 0 aromatic heterocycles. The lowest BCUT2D eigenvalue weighted by atomic mass is 9.93. The Morgan fingerprint density at radius 1 is 0.795 bits per heavy atom. The fourth-order valence-electron chi connectivity index (χ4n) is 4.68. The summed E-state index contributed by atoms with van der Waals surface area (Å²) < 4.78 is 7.35.